The Hall–Kier alpha value is -1.91. The molecule has 6 heteroatoms. The fourth-order valence-corrected chi connectivity index (χ4v) is 2.09. The van der Waals surface area contributed by atoms with Gasteiger partial charge in [0.05, 0.1) is 16.9 Å². The third-order valence-electron chi connectivity index (χ3n) is 2.60. The van der Waals surface area contributed by atoms with Gasteiger partial charge in [-0.25, -0.2) is 9.97 Å². The highest BCUT2D eigenvalue weighted by molar-refractivity contribution is 6.35. The lowest BCUT2D eigenvalue weighted by atomic mass is 10.2. The maximum absolute atomic E-state index is 6.15. The lowest BCUT2D eigenvalue weighted by Crippen LogP contribution is -1.93. The molecule has 19 heavy (non-hydrogen) atoms. The van der Waals surface area contributed by atoms with Crippen LogP contribution in [0, 0.1) is 0 Å². The van der Waals surface area contributed by atoms with Crippen LogP contribution in [0.2, 0.25) is 10.0 Å². The molecule has 0 spiro atoms. The van der Waals surface area contributed by atoms with E-state index in [1.165, 1.54) is 0 Å². The smallest absolute Gasteiger partial charge is 0.156 e. The first-order valence-corrected chi connectivity index (χ1v) is 6.25. The van der Waals surface area contributed by atoms with Crippen molar-refractivity contribution in [3.05, 3.63) is 59.4 Å². The zero-order chi connectivity index (χ0) is 13.2. The van der Waals surface area contributed by atoms with Crippen LogP contribution in [-0.4, -0.2) is 19.5 Å². The topological polar surface area (TPSA) is 43.6 Å². The number of nitrogens with zero attached hydrogens (tertiary/aromatic N) is 4. The van der Waals surface area contributed by atoms with E-state index in [4.69, 9.17) is 23.2 Å². The summed E-state index contributed by atoms with van der Waals surface area (Å²) in [4.78, 5) is 12.5. The van der Waals surface area contributed by atoms with Crippen molar-refractivity contribution in [1.82, 2.24) is 19.5 Å². The van der Waals surface area contributed by atoms with Crippen molar-refractivity contribution in [2.45, 2.75) is 0 Å². The zero-order valence-electron chi connectivity index (χ0n) is 9.66. The molecule has 3 rings (SSSR count). The second-order valence-corrected chi connectivity index (χ2v) is 4.70. The average molecular weight is 291 g/mol. The van der Waals surface area contributed by atoms with Gasteiger partial charge in [-0.3, -0.25) is 9.55 Å². The summed E-state index contributed by atoms with van der Waals surface area (Å²) in [6, 6.07) is 5.28. The maximum atomic E-state index is 6.15. The molecule has 0 aliphatic carbocycles. The van der Waals surface area contributed by atoms with Crippen LogP contribution in [0.4, 0.5) is 0 Å². The first kappa shape index (κ1) is 12.1. The fourth-order valence-electron chi connectivity index (χ4n) is 1.71. The van der Waals surface area contributed by atoms with Gasteiger partial charge in [0, 0.05) is 29.2 Å². The summed E-state index contributed by atoms with van der Waals surface area (Å²) in [5, 5.41) is 1.22. The van der Waals surface area contributed by atoms with E-state index in [1.54, 1.807) is 47.7 Å². The molecule has 94 valence electrons. The Balaban J connectivity index is 2.04. The van der Waals surface area contributed by atoms with E-state index in [0.29, 0.717) is 15.9 Å². The van der Waals surface area contributed by atoms with E-state index in [1.807, 2.05) is 6.20 Å². The van der Waals surface area contributed by atoms with Crippen molar-refractivity contribution in [2.24, 2.45) is 0 Å². The van der Waals surface area contributed by atoms with Gasteiger partial charge >= 0.3 is 0 Å². The quantitative estimate of drug-likeness (QED) is 0.724. The normalized spacial score (nSPS) is 10.6. The van der Waals surface area contributed by atoms with Gasteiger partial charge in [-0.15, -0.1) is 0 Å². The van der Waals surface area contributed by atoms with Crippen LogP contribution in [0.25, 0.3) is 17.1 Å². The molecule has 2 heterocycles. The minimum absolute atomic E-state index is 0.605. The van der Waals surface area contributed by atoms with Crippen molar-refractivity contribution < 1.29 is 0 Å². The molecule has 0 aliphatic rings. The van der Waals surface area contributed by atoms with Crippen molar-refractivity contribution >= 4 is 23.2 Å². The van der Waals surface area contributed by atoms with Crippen LogP contribution in [0.3, 0.4) is 0 Å². The van der Waals surface area contributed by atoms with Gasteiger partial charge < -0.3 is 0 Å². The highest BCUT2D eigenvalue weighted by Crippen LogP contribution is 2.29. The summed E-state index contributed by atoms with van der Waals surface area (Å²) >= 11 is 12.1. The molecular weight excluding hydrogens is 283 g/mol. The molecule has 0 radical (unpaired) electrons. The van der Waals surface area contributed by atoms with Crippen molar-refractivity contribution in [1.29, 1.82) is 0 Å². The third kappa shape index (κ3) is 2.45. The lowest BCUT2D eigenvalue weighted by molar-refractivity contribution is 0.970. The Bertz CT molecular complexity index is 710. The maximum Gasteiger partial charge on any atom is 0.156 e. The Labute approximate surface area is 119 Å². The van der Waals surface area contributed by atoms with E-state index in [2.05, 4.69) is 15.0 Å². The van der Waals surface area contributed by atoms with Gasteiger partial charge in [0.25, 0.3) is 0 Å². The summed E-state index contributed by atoms with van der Waals surface area (Å²) in [5.41, 5.74) is 1.52. The van der Waals surface area contributed by atoms with E-state index >= 15 is 0 Å². The van der Waals surface area contributed by atoms with Crippen molar-refractivity contribution in [3.8, 4) is 17.1 Å². The molecule has 3 aromatic rings. The molecule has 0 amide bonds. The van der Waals surface area contributed by atoms with Gasteiger partial charge in [0.1, 0.15) is 6.33 Å². The van der Waals surface area contributed by atoms with Crippen molar-refractivity contribution in [2.75, 3.05) is 0 Å². The first-order chi connectivity index (χ1) is 9.24. The molecule has 0 unspecified atom stereocenters. The highest BCUT2D eigenvalue weighted by Gasteiger charge is 2.08. The molecule has 1 aromatic carbocycles. The van der Waals surface area contributed by atoms with E-state index in [-0.39, 0.29) is 0 Å². The summed E-state index contributed by atoms with van der Waals surface area (Å²) in [7, 11) is 0. The molecule has 2 aromatic heterocycles. The summed E-state index contributed by atoms with van der Waals surface area (Å²) < 4.78 is 1.78. The monoisotopic (exact) mass is 290 g/mol. The van der Waals surface area contributed by atoms with Gasteiger partial charge in [0.2, 0.25) is 0 Å². The average Bonchev–Trinajstić information content (AvgIpc) is 2.92. The van der Waals surface area contributed by atoms with Crippen LogP contribution >= 0.6 is 23.2 Å². The van der Waals surface area contributed by atoms with E-state index < -0.39 is 0 Å². The van der Waals surface area contributed by atoms with Crippen LogP contribution in [0.1, 0.15) is 0 Å². The standard InChI is InChI=1S/C13H8Cl2N4/c14-9-1-2-11(15)10(5-9)12-7-19(8-18-12)13-6-16-3-4-17-13/h1-8H. The number of rotatable bonds is 2. The molecule has 0 saturated heterocycles. The molecule has 0 atom stereocenters. The summed E-state index contributed by atoms with van der Waals surface area (Å²) in [5.74, 6) is 0.694. The van der Waals surface area contributed by atoms with E-state index in [0.717, 1.165) is 11.3 Å². The van der Waals surface area contributed by atoms with Crippen molar-refractivity contribution in [3.63, 3.8) is 0 Å². The molecular formula is C13H8Cl2N4. The van der Waals surface area contributed by atoms with Gasteiger partial charge in [0.15, 0.2) is 5.82 Å². The minimum atomic E-state index is 0.605. The zero-order valence-corrected chi connectivity index (χ0v) is 11.2. The SMILES string of the molecule is Clc1ccc(Cl)c(-c2cn(-c3cnccn3)cn2)c1. The molecule has 0 aliphatic heterocycles. The summed E-state index contributed by atoms with van der Waals surface area (Å²) in [6.07, 6.45) is 8.40. The number of hydrogen-bond acceptors (Lipinski definition) is 3. The number of benzene rings is 1. The Morgan fingerprint density at radius 2 is 1.95 bits per heavy atom. The Morgan fingerprint density at radius 3 is 2.74 bits per heavy atom. The van der Waals surface area contributed by atoms with Crippen LogP contribution < -0.4 is 0 Å². The largest absolute Gasteiger partial charge is 0.289 e. The summed E-state index contributed by atoms with van der Waals surface area (Å²) in [6.45, 7) is 0. The second kappa shape index (κ2) is 4.99. The number of halogens is 2. The van der Waals surface area contributed by atoms with E-state index in [9.17, 15) is 0 Å². The lowest BCUT2D eigenvalue weighted by Gasteiger charge is -2.01. The Morgan fingerprint density at radius 1 is 1.05 bits per heavy atom. The van der Waals surface area contributed by atoms with Crippen LogP contribution in [-0.2, 0) is 0 Å². The highest BCUT2D eigenvalue weighted by atomic mass is 35.5. The molecule has 0 bridgehead atoms. The van der Waals surface area contributed by atoms with Crippen LogP contribution in [0.5, 0.6) is 0 Å². The van der Waals surface area contributed by atoms with Gasteiger partial charge in [-0.2, -0.15) is 0 Å². The molecule has 0 N–H and O–H groups in total. The molecule has 0 fully saturated rings. The van der Waals surface area contributed by atoms with Gasteiger partial charge in [-0.1, -0.05) is 23.2 Å². The number of hydrogen-bond donors (Lipinski definition) is 0. The molecule has 4 nitrogen and oxygen atoms in total. The Kier molecular flexibility index (Phi) is 3.19. The minimum Gasteiger partial charge on any atom is -0.289 e. The predicted octanol–water partition coefficient (Wildman–Crippen LogP) is 3.64. The van der Waals surface area contributed by atoms with Gasteiger partial charge in [-0.05, 0) is 18.2 Å². The molecule has 0 saturated carbocycles. The second-order valence-electron chi connectivity index (χ2n) is 3.85. The predicted molar refractivity (Wildman–Crippen MR) is 74.6 cm³/mol. The third-order valence-corrected chi connectivity index (χ3v) is 3.17. The van der Waals surface area contributed by atoms with Crippen LogP contribution in [0.15, 0.2) is 49.3 Å². The fraction of sp³-hybridized carbons (Fsp3) is 0. The number of imidazole rings is 1. The first-order valence-electron chi connectivity index (χ1n) is 5.50. The number of aromatic nitrogens is 4.